The van der Waals surface area contributed by atoms with Gasteiger partial charge >= 0.3 is 5.97 Å². The summed E-state index contributed by atoms with van der Waals surface area (Å²) in [6, 6.07) is 6.27. The highest BCUT2D eigenvalue weighted by Gasteiger charge is 2.43. The summed E-state index contributed by atoms with van der Waals surface area (Å²) in [6.45, 7) is 7.29. The molecule has 0 aromatic heterocycles. The number of carbonyl (C=O) groups excluding carboxylic acids is 3. The van der Waals surface area contributed by atoms with E-state index >= 15 is 0 Å². The largest absolute Gasteiger partial charge is 0.461 e. The van der Waals surface area contributed by atoms with E-state index in [1.807, 2.05) is 0 Å². The van der Waals surface area contributed by atoms with Crippen LogP contribution in [0.5, 0.6) is 0 Å². The molecule has 1 saturated heterocycles. The Kier molecular flexibility index (Phi) is 4.47. The molecule has 6 nitrogen and oxygen atoms in total. The summed E-state index contributed by atoms with van der Waals surface area (Å²) >= 11 is 0. The third-order valence-corrected chi connectivity index (χ3v) is 4.96. The Bertz CT molecular complexity index is 744. The van der Waals surface area contributed by atoms with Gasteiger partial charge in [-0.2, -0.15) is 0 Å². The molecular formula is C19H21NO5. The molecule has 0 aliphatic carbocycles. The zero-order chi connectivity index (χ0) is 18.2. The third-order valence-electron chi connectivity index (χ3n) is 4.96. The normalized spacial score (nSPS) is 19.0. The van der Waals surface area contributed by atoms with E-state index in [2.05, 4.69) is 13.8 Å². The molecule has 3 rings (SSSR count). The molecule has 0 bridgehead atoms. The minimum Gasteiger partial charge on any atom is -0.461 e. The van der Waals surface area contributed by atoms with Crippen molar-refractivity contribution in [1.29, 1.82) is 0 Å². The first-order valence-corrected chi connectivity index (χ1v) is 8.26. The average molecular weight is 343 g/mol. The fraction of sp³-hybridized carbons (Fsp3) is 0.421. The minimum absolute atomic E-state index is 0.104. The lowest BCUT2D eigenvalue weighted by Crippen LogP contribution is -2.50. The summed E-state index contributed by atoms with van der Waals surface area (Å²) in [5.74, 6) is -0.780. The molecule has 1 aromatic rings. The lowest BCUT2D eigenvalue weighted by molar-refractivity contribution is -0.162. The quantitative estimate of drug-likeness (QED) is 0.606. The number of imide groups is 1. The van der Waals surface area contributed by atoms with Gasteiger partial charge in [-0.1, -0.05) is 13.8 Å². The van der Waals surface area contributed by atoms with Crippen molar-refractivity contribution in [1.82, 2.24) is 0 Å². The second-order valence-corrected chi connectivity index (χ2v) is 6.94. The van der Waals surface area contributed by atoms with Crippen molar-refractivity contribution in [2.75, 3.05) is 24.7 Å². The lowest BCUT2D eigenvalue weighted by atomic mass is 9.76. The number of ether oxygens (including phenoxy) is 2. The molecule has 0 atom stereocenters. The van der Waals surface area contributed by atoms with Crippen LogP contribution in [-0.4, -0.2) is 37.6 Å². The molecule has 2 amide bonds. The van der Waals surface area contributed by atoms with Crippen LogP contribution in [-0.2, 0) is 19.1 Å². The van der Waals surface area contributed by atoms with E-state index in [-0.39, 0.29) is 17.2 Å². The first kappa shape index (κ1) is 17.4. The van der Waals surface area contributed by atoms with Gasteiger partial charge in [0, 0.05) is 11.6 Å². The van der Waals surface area contributed by atoms with E-state index in [9.17, 15) is 14.4 Å². The number of rotatable bonds is 5. The Morgan fingerprint density at radius 2 is 1.88 bits per heavy atom. The summed E-state index contributed by atoms with van der Waals surface area (Å²) < 4.78 is 10.7. The van der Waals surface area contributed by atoms with Gasteiger partial charge in [0.1, 0.15) is 6.61 Å². The lowest BCUT2D eigenvalue weighted by Gasteiger charge is -2.44. The van der Waals surface area contributed by atoms with Crippen LogP contribution in [0.1, 0.15) is 31.1 Å². The molecule has 0 saturated carbocycles. The van der Waals surface area contributed by atoms with Crippen LogP contribution in [0.25, 0.3) is 0 Å². The average Bonchev–Trinajstić information content (AvgIpc) is 2.78. The van der Waals surface area contributed by atoms with E-state index in [0.29, 0.717) is 42.6 Å². The van der Waals surface area contributed by atoms with Gasteiger partial charge in [-0.05, 0) is 37.1 Å². The highest BCUT2D eigenvalue weighted by molar-refractivity contribution is 6.30. The van der Waals surface area contributed by atoms with Gasteiger partial charge in [0.2, 0.25) is 0 Å². The SMILES string of the molecule is CC1=CC(=O)N(c2ccc(C(=O)OCC3(C(C)C)COC3)cc2)C1=O. The van der Waals surface area contributed by atoms with Crippen molar-refractivity contribution in [3.05, 3.63) is 41.5 Å². The number of hydrogen-bond acceptors (Lipinski definition) is 5. The van der Waals surface area contributed by atoms with Gasteiger partial charge in [-0.15, -0.1) is 0 Å². The Balaban J connectivity index is 1.65. The summed E-state index contributed by atoms with van der Waals surface area (Å²) in [6.07, 6.45) is 1.30. The molecule has 2 heterocycles. The minimum atomic E-state index is -0.424. The molecule has 0 spiro atoms. The Hall–Kier alpha value is -2.47. The Morgan fingerprint density at radius 3 is 2.32 bits per heavy atom. The smallest absolute Gasteiger partial charge is 0.338 e. The van der Waals surface area contributed by atoms with Crippen molar-refractivity contribution < 1.29 is 23.9 Å². The summed E-state index contributed by atoms with van der Waals surface area (Å²) in [5.41, 5.74) is 1.11. The highest BCUT2D eigenvalue weighted by atomic mass is 16.5. The van der Waals surface area contributed by atoms with Crippen LogP contribution >= 0.6 is 0 Å². The molecule has 0 radical (unpaired) electrons. The number of carbonyl (C=O) groups is 3. The summed E-state index contributed by atoms with van der Waals surface area (Å²) in [5, 5.41) is 0. The first-order valence-electron chi connectivity index (χ1n) is 8.26. The van der Waals surface area contributed by atoms with Gasteiger partial charge in [0.25, 0.3) is 11.8 Å². The third kappa shape index (κ3) is 3.09. The topological polar surface area (TPSA) is 72.9 Å². The van der Waals surface area contributed by atoms with Crippen LogP contribution in [0.15, 0.2) is 35.9 Å². The molecular weight excluding hydrogens is 322 g/mol. The molecule has 1 fully saturated rings. The number of amides is 2. The van der Waals surface area contributed by atoms with Crippen molar-refractivity contribution in [3.63, 3.8) is 0 Å². The Labute approximate surface area is 146 Å². The van der Waals surface area contributed by atoms with Crippen molar-refractivity contribution in [2.24, 2.45) is 11.3 Å². The highest BCUT2D eigenvalue weighted by Crippen LogP contribution is 2.36. The fourth-order valence-corrected chi connectivity index (χ4v) is 2.82. The van der Waals surface area contributed by atoms with E-state index in [1.54, 1.807) is 31.2 Å². The maximum Gasteiger partial charge on any atom is 0.338 e. The van der Waals surface area contributed by atoms with E-state index in [4.69, 9.17) is 9.47 Å². The van der Waals surface area contributed by atoms with Crippen LogP contribution < -0.4 is 4.90 Å². The number of esters is 1. The van der Waals surface area contributed by atoms with E-state index < -0.39 is 5.97 Å². The van der Waals surface area contributed by atoms with Gasteiger partial charge in [0.05, 0.1) is 29.9 Å². The van der Waals surface area contributed by atoms with Gasteiger partial charge in [0.15, 0.2) is 0 Å². The van der Waals surface area contributed by atoms with Crippen molar-refractivity contribution in [3.8, 4) is 0 Å². The van der Waals surface area contributed by atoms with Crippen LogP contribution in [0.4, 0.5) is 5.69 Å². The van der Waals surface area contributed by atoms with E-state index in [1.165, 1.54) is 6.08 Å². The number of nitrogens with zero attached hydrogens (tertiary/aromatic N) is 1. The molecule has 6 heteroatoms. The second kappa shape index (κ2) is 6.44. The van der Waals surface area contributed by atoms with Gasteiger partial charge in [-0.3, -0.25) is 9.59 Å². The Morgan fingerprint density at radius 1 is 1.24 bits per heavy atom. The summed E-state index contributed by atoms with van der Waals surface area (Å²) in [7, 11) is 0. The van der Waals surface area contributed by atoms with Gasteiger partial charge in [-0.25, -0.2) is 9.69 Å². The number of anilines is 1. The summed E-state index contributed by atoms with van der Waals surface area (Å²) in [4.78, 5) is 37.2. The maximum absolute atomic E-state index is 12.2. The van der Waals surface area contributed by atoms with Crippen molar-refractivity contribution in [2.45, 2.75) is 20.8 Å². The molecule has 2 aliphatic heterocycles. The first-order chi connectivity index (χ1) is 11.8. The molecule has 25 heavy (non-hydrogen) atoms. The number of benzene rings is 1. The molecule has 132 valence electrons. The van der Waals surface area contributed by atoms with E-state index in [0.717, 1.165) is 4.90 Å². The van der Waals surface area contributed by atoms with Crippen LogP contribution in [0.3, 0.4) is 0 Å². The fourth-order valence-electron chi connectivity index (χ4n) is 2.82. The maximum atomic E-state index is 12.2. The standard InChI is InChI=1S/C19H21NO5/c1-12(2)19(9-24-10-19)11-25-18(23)14-4-6-15(7-5-14)20-16(21)8-13(3)17(20)22/h4-8,12H,9-11H2,1-3H3. The molecule has 0 N–H and O–H groups in total. The van der Waals surface area contributed by atoms with Crippen molar-refractivity contribution >= 4 is 23.5 Å². The monoisotopic (exact) mass is 343 g/mol. The predicted octanol–water partition coefficient (Wildman–Crippen LogP) is 2.34. The predicted molar refractivity (Wildman–Crippen MR) is 91.1 cm³/mol. The van der Waals surface area contributed by atoms with Crippen LogP contribution in [0, 0.1) is 11.3 Å². The zero-order valence-electron chi connectivity index (χ0n) is 14.6. The molecule has 0 unspecified atom stereocenters. The van der Waals surface area contributed by atoms with Gasteiger partial charge < -0.3 is 9.47 Å². The number of hydrogen-bond donors (Lipinski definition) is 0. The van der Waals surface area contributed by atoms with Crippen LogP contribution in [0.2, 0.25) is 0 Å². The zero-order valence-corrected chi connectivity index (χ0v) is 14.6. The second-order valence-electron chi connectivity index (χ2n) is 6.94. The molecule has 1 aromatic carbocycles. The molecule has 2 aliphatic rings.